The standard InChI is InChI=1S/C17H24BrN/c18-16-7-3-6-14(10-16)15-11-17(12-15)19-9-8-13-4-1-2-5-13/h3,6-7,10,13,15,17,19H,1-2,4-5,8-9,11-12H2. The van der Waals surface area contributed by atoms with Crippen LogP contribution in [-0.2, 0) is 0 Å². The number of benzene rings is 1. The van der Waals surface area contributed by atoms with Crippen LogP contribution in [0, 0.1) is 5.92 Å². The van der Waals surface area contributed by atoms with Gasteiger partial charge in [-0.3, -0.25) is 0 Å². The maximum absolute atomic E-state index is 3.75. The molecule has 1 aromatic rings. The molecule has 0 atom stereocenters. The Morgan fingerprint density at radius 1 is 1.16 bits per heavy atom. The molecule has 1 nitrogen and oxygen atoms in total. The van der Waals surface area contributed by atoms with Gasteiger partial charge in [0.2, 0.25) is 0 Å². The fraction of sp³-hybridized carbons (Fsp3) is 0.647. The van der Waals surface area contributed by atoms with Crippen molar-refractivity contribution in [2.24, 2.45) is 5.92 Å². The molecule has 3 rings (SSSR count). The van der Waals surface area contributed by atoms with E-state index in [0.717, 1.165) is 17.9 Å². The fourth-order valence-electron chi connectivity index (χ4n) is 3.61. The Morgan fingerprint density at radius 2 is 1.95 bits per heavy atom. The van der Waals surface area contributed by atoms with Crippen molar-refractivity contribution in [1.82, 2.24) is 5.32 Å². The third kappa shape index (κ3) is 3.61. The van der Waals surface area contributed by atoms with Crippen molar-refractivity contribution < 1.29 is 0 Å². The molecule has 1 N–H and O–H groups in total. The van der Waals surface area contributed by atoms with Gasteiger partial charge in [-0.15, -0.1) is 0 Å². The van der Waals surface area contributed by atoms with Gasteiger partial charge in [0, 0.05) is 10.5 Å². The van der Waals surface area contributed by atoms with Crippen molar-refractivity contribution in [1.29, 1.82) is 0 Å². The number of hydrogen-bond acceptors (Lipinski definition) is 1. The SMILES string of the molecule is Brc1cccc(C2CC(NCCC3CCCC3)C2)c1. The molecule has 0 amide bonds. The summed E-state index contributed by atoms with van der Waals surface area (Å²) >= 11 is 3.56. The summed E-state index contributed by atoms with van der Waals surface area (Å²) in [6.07, 6.45) is 9.94. The lowest BCUT2D eigenvalue weighted by atomic mass is 9.76. The Hall–Kier alpha value is -0.340. The minimum absolute atomic E-state index is 0.769. The minimum Gasteiger partial charge on any atom is -0.314 e. The summed E-state index contributed by atoms with van der Waals surface area (Å²) in [5.74, 6) is 1.80. The maximum atomic E-state index is 3.75. The Morgan fingerprint density at radius 3 is 2.68 bits per heavy atom. The summed E-state index contributed by atoms with van der Waals surface area (Å²) in [4.78, 5) is 0. The Bertz CT molecular complexity index is 405. The number of hydrogen-bond donors (Lipinski definition) is 1. The van der Waals surface area contributed by atoms with E-state index in [1.807, 2.05) is 0 Å². The van der Waals surface area contributed by atoms with E-state index >= 15 is 0 Å². The Balaban J connectivity index is 1.36. The summed E-state index contributed by atoms with van der Waals surface area (Å²) in [5, 5.41) is 3.75. The first-order valence-electron chi connectivity index (χ1n) is 7.80. The van der Waals surface area contributed by atoms with Crippen molar-refractivity contribution in [3.63, 3.8) is 0 Å². The van der Waals surface area contributed by atoms with Crippen LogP contribution in [0.4, 0.5) is 0 Å². The molecule has 0 radical (unpaired) electrons. The molecule has 0 bridgehead atoms. The first-order chi connectivity index (χ1) is 9.31. The molecule has 104 valence electrons. The van der Waals surface area contributed by atoms with Gasteiger partial charge in [0.05, 0.1) is 0 Å². The molecular formula is C17H24BrN. The van der Waals surface area contributed by atoms with E-state index in [-0.39, 0.29) is 0 Å². The summed E-state index contributed by atoms with van der Waals surface area (Å²) in [6.45, 7) is 1.24. The highest BCUT2D eigenvalue weighted by Crippen LogP contribution is 2.37. The van der Waals surface area contributed by atoms with Gasteiger partial charge < -0.3 is 5.32 Å². The van der Waals surface area contributed by atoms with Gasteiger partial charge in [-0.05, 0) is 55.3 Å². The largest absolute Gasteiger partial charge is 0.314 e. The second-order valence-corrected chi connectivity index (χ2v) is 7.23. The molecule has 2 heteroatoms. The zero-order chi connectivity index (χ0) is 13.1. The van der Waals surface area contributed by atoms with Crippen LogP contribution in [-0.4, -0.2) is 12.6 Å². The lowest BCUT2D eigenvalue weighted by molar-refractivity contribution is 0.283. The van der Waals surface area contributed by atoms with E-state index < -0.39 is 0 Å². The summed E-state index contributed by atoms with van der Waals surface area (Å²) < 4.78 is 1.21. The average Bonchev–Trinajstić information content (AvgIpc) is 2.85. The van der Waals surface area contributed by atoms with Crippen LogP contribution in [0.15, 0.2) is 28.7 Å². The summed E-state index contributed by atoms with van der Waals surface area (Å²) in [5.41, 5.74) is 1.50. The second kappa shape index (κ2) is 6.41. The maximum Gasteiger partial charge on any atom is 0.0178 e. The third-order valence-electron chi connectivity index (χ3n) is 4.92. The number of rotatable bonds is 5. The van der Waals surface area contributed by atoms with E-state index in [1.54, 1.807) is 0 Å². The molecule has 19 heavy (non-hydrogen) atoms. The molecule has 1 aromatic carbocycles. The third-order valence-corrected chi connectivity index (χ3v) is 5.41. The van der Waals surface area contributed by atoms with Gasteiger partial charge >= 0.3 is 0 Å². The minimum atomic E-state index is 0.769. The van der Waals surface area contributed by atoms with E-state index in [0.29, 0.717) is 0 Å². The van der Waals surface area contributed by atoms with Crippen molar-refractivity contribution >= 4 is 15.9 Å². The quantitative estimate of drug-likeness (QED) is 0.816. The van der Waals surface area contributed by atoms with Crippen molar-refractivity contribution in [3.05, 3.63) is 34.3 Å². The van der Waals surface area contributed by atoms with Crippen molar-refractivity contribution in [2.45, 2.75) is 56.9 Å². The predicted molar refractivity (Wildman–Crippen MR) is 84.5 cm³/mol. The van der Waals surface area contributed by atoms with Gasteiger partial charge in [-0.1, -0.05) is 53.7 Å². The van der Waals surface area contributed by atoms with Crippen LogP contribution in [0.3, 0.4) is 0 Å². The monoisotopic (exact) mass is 321 g/mol. The van der Waals surface area contributed by atoms with Crippen LogP contribution in [0.5, 0.6) is 0 Å². The zero-order valence-electron chi connectivity index (χ0n) is 11.6. The lowest BCUT2D eigenvalue weighted by Crippen LogP contribution is -2.40. The zero-order valence-corrected chi connectivity index (χ0v) is 13.2. The highest BCUT2D eigenvalue weighted by Gasteiger charge is 2.29. The van der Waals surface area contributed by atoms with Gasteiger partial charge in [-0.25, -0.2) is 0 Å². The molecule has 0 aromatic heterocycles. The number of nitrogens with one attached hydrogen (secondary N) is 1. The molecule has 0 heterocycles. The lowest BCUT2D eigenvalue weighted by Gasteiger charge is -2.36. The molecule has 2 aliphatic carbocycles. The van der Waals surface area contributed by atoms with E-state index in [4.69, 9.17) is 0 Å². The summed E-state index contributed by atoms with van der Waals surface area (Å²) in [6, 6.07) is 9.58. The molecule has 2 aliphatic rings. The summed E-state index contributed by atoms with van der Waals surface area (Å²) in [7, 11) is 0. The van der Waals surface area contributed by atoms with Crippen molar-refractivity contribution in [2.75, 3.05) is 6.54 Å². The van der Waals surface area contributed by atoms with E-state index in [2.05, 4.69) is 45.5 Å². The molecule has 2 saturated carbocycles. The Kier molecular flexibility index (Phi) is 4.60. The molecule has 2 fully saturated rings. The van der Waals surface area contributed by atoms with Crippen LogP contribution in [0.1, 0.15) is 56.4 Å². The van der Waals surface area contributed by atoms with Gasteiger partial charge in [0.25, 0.3) is 0 Å². The van der Waals surface area contributed by atoms with Gasteiger partial charge in [-0.2, -0.15) is 0 Å². The van der Waals surface area contributed by atoms with Crippen LogP contribution >= 0.6 is 15.9 Å². The smallest absolute Gasteiger partial charge is 0.0178 e. The molecule has 0 unspecified atom stereocenters. The normalized spacial score (nSPS) is 27.4. The molecule has 0 aliphatic heterocycles. The topological polar surface area (TPSA) is 12.0 Å². The van der Waals surface area contributed by atoms with Gasteiger partial charge in [0.15, 0.2) is 0 Å². The van der Waals surface area contributed by atoms with E-state index in [1.165, 1.54) is 61.5 Å². The van der Waals surface area contributed by atoms with Crippen LogP contribution in [0.25, 0.3) is 0 Å². The number of halogens is 1. The fourth-order valence-corrected chi connectivity index (χ4v) is 4.02. The highest BCUT2D eigenvalue weighted by molar-refractivity contribution is 9.10. The first kappa shape index (κ1) is 13.6. The van der Waals surface area contributed by atoms with Crippen LogP contribution in [0.2, 0.25) is 0 Å². The van der Waals surface area contributed by atoms with Crippen molar-refractivity contribution in [3.8, 4) is 0 Å². The average molecular weight is 322 g/mol. The molecular weight excluding hydrogens is 298 g/mol. The van der Waals surface area contributed by atoms with E-state index in [9.17, 15) is 0 Å². The predicted octanol–water partition coefficient (Wildman–Crippen LogP) is 4.87. The molecule has 0 saturated heterocycles. The Labute approximate surface area is 125 Å². The van der Waals surface area contributed by atoms with Crippen LogP contribution < -0.4 is 5.32 Å². The van der Waals surface area contributed by atoms with Gasteiger partial charge in [0.1, 0.15) is 0 Å². The first-order valence-corrected chi connectivity index (χ1v) is 8.59. The highest BCUT2D eigenvalue weighted by atomic mass is 79.9. The molecule has 0 spiro atoms. The second-order valence-electron chi connectivity index (χ2n) is 6.31.